The van der Waals surface area contributed by atoms with Crippen molar-refractivity contribution < 1.29 is 8.78 Å². The molecule has 1 heterocycles. The molecule has 0 aromatic carbocycles. The van der Waals surface area contributed by atoms with Crippen LogP contribution in [0.3, 0.4) is 0 Å². The molecular formula is C11H18F2N4. The van der Waals surface area contributed by atoms with Gasteiger partial charge in [-0.1, -0.05) is 6.92 Å². The van der Waals surface area contributed by atoms with E-state index in [0.29, 0.717) is 17.5 Å². The molecule has 0 atom stereocenters. The van der Waals surface area contributed by atoms with Gasteiger partial charge in [0.25, 0.3) is 6.43 Å². The molecule has 0 spiro atoms. The van der Waals surface area contributed by atoms with Crippen LogP contribution >= 0.6 is 0 Å². The third-order valence-electron chi connectivity index (χ3n) is 2.33. The van der Waals surface area contributed by atoms with E-state index in [4.69, 9.17) is 0 Å². The normalized spacial score (nSPS) is 10.7. The van der Waals surface area contributed by atoms with Crippen LogP contribution in [-0.2, 0) is 6.42 Å². The molecule has 0 bridgehead atoms. The zero-order chi connectivity index (χ0) is 12.8. The van der Waals surface area contributed by atoms with Crippen LogP contribution in [0.25, 0.3) is 0 Å². The fourth-order valence-corrected chi connectivity index (χ4v) is 1.49. The van der Waals surface area contributed by atoms with Crippen molar-refractivity contribution in [3.63, 3.8) is 0 Å². The maximum atomic E-state index is 12.2. The van der Waals surface area contributed by atoms with Gasteiger partial charge in [0.2, 0.25) is 0 Å². The van der Waals surface area contributed by atoms with Crippen LogP contribution in [-0.4, -0.2) is 30.0 Å². The number of hydrogen-bond acceptors (Lipinski definition) is 4. The molecule has 0 fully saturated rings. The largest absolute Gasteiger partial charge is 0.373 e. The molecule has 4 nitrogen and oxygen atoms in total. The summed E-state index contributed by atoms with van der Waals surface area (Å²) in [4.78, 5) is 8.57. The Hall–Kier alpha value is -1.46. The maximum Gasteiger partial charge on any atom is 0.255 e. The lowest BCUT2D eigenvalue weighted by Crippen LogP contribution is -2.15. The standard InChI is InChI=1S/C11H18F2N4/c1-4-5-9-16-10(14-3)7(2)11(17-9)15-6-8(12)13/h8H,4-6H2,1-3H3,(H2,14,15,16,17). The summed E-state index contributed by atoms with van der Waals surface area (Å²) in [5.74, 6) is 1.83. The van der Waals surface area contributed by atoms with Gasteiger partial charge in [0.1, 0.15) is 17.5 Å². The number of nitrogens with one attached hydrogen (secondary N) is 2. The van der Waals surface area contributed by atoms with E-state index >= 15 is 0 Å². The number of aryl methyl sites for hydroxylation is 1. The van der Waals surface area contributed by atoms with Crippen molar-refractivity contribution in [3.05, 3.63) is 11.4 Å². The topological polar surface area (TPSA) is 49.8 Å². The fraction of sp³-hybridized carbons (Fsp3) is 0.636. The summed E-state index contributed by atoms with van der Waals surface area (Å²) in [7, 11) is 1.75. The van der Waals surface area contributed by atoms with E-state index in [1.807, 2.05) is 6.92 Å². The van der Waals surface area contributed by atoms with E-state index in [-0.39, 0.29) is 0 Å². The van der Waals surface area contributed by atoms with Crippen molar-refractivity contribution in [2.75, 3.05) is 24.2 Å². The second-order valence-electron chi connectivity index (χ2n) is 3.73. The Labute approximate surface area is 99.9 Å². The molecule has 0 saturated heterocycles. The second kappa shape index (κ2) is 6.32. The van der Waals surface area contributed by atoms with Crippen LogP contribution in [0, 0.1) is 6.92 Å². The van der Waals surface area contributed by atoms with Crippen molar-refractivity contribution >= 4 is 11.6 Å². The van der Waals surface area contributed by atoms with E-state index in [0.717, 1.165) is 18.4 Å². The predicted molar refractivity (Wildman–Crippen MR) is 64.8 cm³/mol. The van der Waals surface area contributed by atoms with Gasteiger partial charge in [-0.2, -0.15) is 0 Å². The quantitative estimate of drug-likeness (QED) is 0.807. The second-order valence-corrected chi connectivity index (χ2v) is 3.73. The third kappa shape index (κ3) is 3.80. The first-order valence-electron chi connectivity index (χ1n) is 5.65. The smallest absolute Gasteiger partial charge is 0.255 e. The Morgan fingerprint density at radius 2 is 1.88 bits per heavy atom. The van der Waals surface area contributed by atoms with Crippen LogP contribution in [0.2, 0.25) is 0 Å². The maximum absolute atomic E-state index is 12.2. The Morgan fingerprint density at radius 1 is 1.24 bits per heavy atom. The summed E-state index contributed by atoms with van der Waals surface area (Å²) in [5, 5.41) is 5.59. The lowest BCUT2D eigenvalue weighted by Gasteiger charge is -2.13. The molecule has 0 saturated carbocycles. The van der Waals surface area contributed by atoms with Crippen LogP contribution < -0.4 is 10.6 Å². The lowest BCUT2D eigenvalue weighted by molar-refractivity contribution is 0.163. The Morgan fingerprint density at radius 3 is 2.41 bits per heavy atom. The summed E-state index contributed by atoms with van der Waals surface area (Å²) < 4.78 is 24.3. The van der Waals surface area contributed by atoms with Crippen LogP contribution in [0.1, 0.15) is 24.7 Å². The highest BCUT2D eigenvalue weighted by Gasteiger charge is 2.11. The molecule has 0 unspecified atom stereocenters. The molecule has 0 aliphatic heterocycles. The molecular weight excluding hydrogens is 226 g/mol. The minimum absolute atomic E-state index is 0.396. The summed E-state index contributed by atoms with van der Waals surface area (Å²) in [5.41, 5.74) is 0.757. The molecule has 0 radical (unpaired) electrons. The Bertz CT molecular complexity index is 369. The van der Waals surface area contributed by atoms with Crippen molar-refractivity contribution in [3.8, 4) is 0 Å². The first-order chi connectivity index (χ1) is 8.08. The zero-order valence-electron chi connectivity index (χ0n) is 10.3. The molecule has 2 N–H and O–H groups in total. The van der Waals surface area contributed by atoms with Gasteiger partial charge in [0, 0.05) is 19.0 Å². The van der Waals surface area contributed by atoms with E-state index in [9.17, 15) is 8.78 Å². The minimum Gasteiger partial charge on any atom is -0.373 e. The molecule has 1 aromatic rings. The first-order valence-corrected chi connectivity index (χ1v) is 5.65. The average Bonchev–Trinajstić information content (AvgIpc) is 2.29. The highest BCUT2D eigenvalue weighted by atomic mass is 19.3. The highest BCUT2D eigenvalue weighted by molar-refractivity contribution is 5.57. The zero-order valence-corrected chi connectivity index (χ0v) is 10.3. The van der Waals surface area contributed by atoms with Crippen molar-refractivity contribution in [1.29, 1.82) is 0 Å². The molecule has 17 heavy (non-hydrogen) atoms. The van der Waals surface area contributed by atoms with Gasteiger partial charge < -0.3 is 10.6 Å². The molecule has 0 amide bonds. The van der Waals surface area contributed by atoms with Crippen molar-refractivity contribution in [2.24, 2.45) is 0 Å². The van der Waals surface area contributed by atoms with Crippen LogP contribution in [0.5, 0.6) is 0 Å². The lowest BCUT2D eigenvalue weighted by atomic mass is 10.2. The molecule has 0 aliphatic rings. The van der Waals surface area contributed by atoms with Crippen molar-refractivity contribution in [1.82, 2.24) is 9.97 Å². The van der Waals surface area contributed by atoms with Gasteiger partial charge in [-0.25, -0.2) is 18.7 Å². The number of alkyl halides is 2. The molecule has 1 rings (SSSR count). The van der Waals surface area contributed by atoms with Gasteiger partial charge in [-0.3, -0.25) is 0 Å². The van der Waals surface area contributed by atoms with Gasteiger partial charge in [0.15, 0.2) is 0 Å². The molecule has 0 aliphatic carbocycles. The number of halogens is 2. The Kier molecular flexibility index (Phi) is 5.06. The van der Waals surface area contributed by atoms with E-state index in [1.165, 1.54) is 0 Å². The van der Waals surface area contributed by atoms with Crippen LogP contribution in [0.15, 0.2) is 0 Å². The third-order valence-corrected chi connectivity index (χ3v) is 2.33. The molecule has 1 aromatic heterocycles. The molecule has 96 valence electrons. The summed E-state index contributed by atoms with van der Waals surface area (Å²) in [6, 6.07) is 0. The number of hydrogen-bond donors (Lipinski definition) is 2. The van der Waals surface area contributed by atoms with Gasteiger partial charge in [-0.05, 0) is 13.3 Å². The number of rotatable bonds is 6. The van der Waals surface area contributed by atoms with E-state index in [2.05, 4.69) is 20.6 Å². The number of aromatic nitrogens is 2. The van der Waals surface area contributed by atoms with Gasteiger partial charge >= 0.3 is 0 Å². The van der Waals surface area contributed by atoms with Gasteiger partial charge in [0.05, 0.1) is 6.54 Å². The molecule has 6 heteroatoms. The van der Waals surface area contributed by atoms with E-state index in [1.54, 1.807) is 14.0 Å². The summed E-state index contributed by atoms with van der Waals surface area (Å²) in [6.07, 6.45) is -0.740. The average molecular weight is 244 g/mol. The minimum atomic E-state index is -2.39. The van der Waals surface area contributed by atoms with Crippen molar-refractivity contribution in [2.45, 2.75) is 33.1 Å². The van der Waals surface area contributed by atoms with E-state index < -0.39 is 13.0 Å². The predicted octanol–water partition coefficient (Wildman–Crippen LogP) is 2.46. The fourth-order valence-electron chi connectivity index (χ4n) is 1.49. The first kappa shape index (κ1) is 13.6. The highest BCUT2D eigenvalue weighted by Crippen LogP contribution is 2.20. The van der Waals surface area contributed by atoms with Crippen LogP contribution in [0.4, 0.5) is 20.4 Å². The van der Waals surface area contributed by atoms with Gasteiger partial charge in [-0.15, -0.1) is 0 Å². The monoisotopic (exact) mass is 244 g/mol. The summed E-state index contributed by atoms with van der Waals surface area (Å²) in [6.45, 7) is 3.43. The summed E-state index contributed by atoms with van der Waals surface area (Å²) >= 11 is 0. The Balaban J connectivity index is 2.96. The SMILES string of the molecule is CCCc1nc(NC)c(C)c(NCC(F)F)n1. The number of anilines is 2. The number of nitrogens with zero attached hydrogens (tertiary/aromatic N) is 2.